The third-order valence-corrected chi connectivity index (χ3v) is 5.62. The molecule has 172 valence electrons. The summed E-state index contributed by atoms with van der Waals surface area (Å²) in [6.45, 7) is 0.577. The molecule has 4 rings (SSSR count). The molecule has 0 radical (unpaired) electrons. The van der Waals surface area contributed by atoms with Gasteiger partial charge in [-0.2, -0.15) is 0 Å². The van der Waals surface area contributed by atoms with E-state index in [2.05, 4.69) is 0 Å². The van der Waals surface area contributed by atoms with Gasteiger partial charge in [0.2, 0.25) is 5.76 Å². The van der Waals surface area contributed by atoms with E-state index in [1.807, 2.05) is 60.7 Å². The summed E-state index contributed by atoms with van der Waals surface area (Å²) < 4.78 is 17.3. The number of carboxylic acid groups (broad SMARTS) is 1. The topological polar surface area (TPSA) is 68.9 Å². The first kappa shape index (κ1) is 23.5. The van der Waals surface area contributed by atoms with Crippen LogP contribution in [0.4, 0.5) is 0 Å². The molecular weight excluding hydrogens is 475 g/mol. The molecule has 0 saturated carbocycles. The minimum absolute atomic E-state index is 0.125. The Bertz CT molecular complexity index is 1260. The van der Waals surface area contributed by atoms with Gasteiger partial charge in [-0.25, -0.2) is 4.79 Å². The summed E-state index contributed by atoms with van der Waals surface area (Å²) in [5, 5.41) is 10.3. The lowest BCUT2D eigenvalue weighted by atomic mass is 10.1. The van der Waals surface area contributed by atoms with Gasteiger partial charge in [-0.05, 0) is 48.0 Å². The molecule has 1 aromatic heterocycles. The molecule has 34 heavy (non-hydrogen) atoms. The number of carbonyl (C=O) groups is 1. The molecule has 7 heteroatoms. The average molecular weight is 495 g/mol. The van der Waals surface area contributed by atoms with Gasteiger partial charge in [-0.15, -0.1) is 0 Å². The van der Waals surface area contributed by atoms with Crippen molar-refractivity contribution < 1.29 is 23.8 Å². The van der Waals surface area contributed by atoms with Crippen LogP contribution in [-0.2, 0) is 13.2 Å². The van der Waals surface area contributed by atoms with Crippen LogP contribution in [-0.4, -0.2) is 11.1 Å². The molecule has 0 aliphatic rings. The molecule has 0 bridgehead atoms. The Labute approximate surface area is 206 Å². The fourth-order valence-corrected chi connectivity index (χ4v) is 3.53. The number of furan rings is 1. The summed E-state index contributed by atoms with van der Waals surface area (Å²) in [4.78, 5) is 11.0. The van der Waals surface area contributed by atoms with Crippen molar-refractivity contribution in [1.82, 2.24) is 0 Å². The van der Waals surface area contributed by atoms with Crippen molar-refractivity contribution in [1.29, 1.82) is 0 Å². The number of carboxylic acids is 1. The number of benzene rings is 3. The smallest absolute Gasteiger partial charge is 0.371 e. The van der Waals surface area contributed by atoms with E-state index in [4.69, 9.17) is 42.2 Å². The normalized spacial score (nSPS) is 11.0. The van der Waals surface area contributed by atoms with Gasteiger partial charge in [0.15, 0.2) is 0 Å². The first-order chi connectivity index (χ1) is 16.5. The quantitative estimate of drug-likeness (QED) is 0.259. The first-order valence-corrected chi connectivity index (χ1v) is 11.1. The van der Waals surface area contributed by atoms with E-state index in [1.165, 1.54) is 6.07 Å². The second-order valence-electron chi connectivity index (χ2n) is 7.34. The van der Waals surface area contributed by atoms with Crippen LogP contribution >= 0.6 is 23.2 Å². The number of halogens is 2. The second kappa shape index (κ2) is 11.0. The molecule has 1 N–H and O–H groups in total. The van der Waals surface area contributed by atoms with Crippen LogP contribution < -0.4 is 9.47 Å². The monoisotopic (exact) mass is 494 g/mol. The molecule has 0 aliphatic heterocycles. The Morgan fingerprint density at radius 1 is 0.794 bits per heavy atom. The predicted octanol–water partition coefficient (Wildman–Crippen LogP) is 7.61. The molecule has 1 heterocycles. The van der Waals surface area contributed by atoms with Crippen molar-refractivity contribution in [2.24, 2.45) is 0 Å². The average Bonchev–Trinajstić information content (AvgIpc) is 3.31. The summed E-state index contributed by atoms with van der Waals surface area (Å²) in [5.41, 5.74) is 2.50. The Balaban J connectivity index is 1.56. The van der Waals surface area contributed by atoms with Crippen molar-refractivity contribution in [3.63, 3.8) is 0 Å². The van der Waals surface area contributed by atoms with Gasteiger partial charge in [0.25, 0.3) is 0 Å². The van der Waals surface area contributed by atoms with E-state index < -0.39 is 5.97 Å². The number of hydrogen-bond donors (Lipinski definition) is 1. The summed E-state index contributed by atoms with van der Waals surface area (Å²) in [6.07, 6.45) is 3.46. The molecule has 0 fully saturated rings. The highest BCUT2D eigenvalue weighted by Gasteiger charge is 2.09. The number of rotatable bonds is 9. The molecule has 0 aliphatic carbocycles. The zero-order chi connectivity index (χ0) is 23.9. The van der Waals surface area contributed by atoms with E-state index in [9.17, 15) is 4.79 Å². The fraction of sp³-hybridized carbons (Fsp3) is 0.0741. The van der Waals surface area contributed by atoms with Crippen LogP contribution in [0.3, 0.4) is 0 Å². The largest absolute Gasteiger partial charge is 0.489 e. The summed E-state index contributed by atoms with van der Waals surface area (Å²) in [6, 6.07) is 23.4. The van der Waals surface area contributed by atoms with Crippen molar-refractivity contribution in [3.8, 4) is 11.5 Å². The van der Waals surface area contributed by atoms with E-state index in [0.29, 0.717) is 27.3 Å². The maximum Gasteiger partial charge on any atom is 0.371 e. The second-order valence-corrected chi connectivity index (χ2v) is 8.15. The fourth-order valence-electron chi connectivity index (χ4n) is 3.15. The number of ether oxygens (including phenoxy) is 2. The summed E-state index contributed by atoms with van der Waals surface area (Å²) in [5.74, 6) is 0.340. The van der Waals surface area contributed by atoms with E-state index >= 15 is 0 Å². The lowest BCUT2D eigenvalue weighted by Crippen LogP contribution is -1.99. The van der Waals surface area contributed by atoms with Crippen LogP contribution in [0.25, 0.3) is 12.2 Å². The highest BCUT2D eigenvalue weighted by molar-refractivity contribution is 6.31. The number of aromatic carboxylic acids is 1. The van der Waals surface area contributed by atoms with Crippen molar-refractivity contribution in [2.45, 2.75) is 13.2 Å². The summed E-state index contributed by atoms with van der Waals surface area (Å²) in [7, 11) is 0. The third kappa shape index (κ3) is 6.22. The minimum atomic E-state index is -1.12. The maximum absolute atomic E-state index is 11.0. The van der Waals surface area contributed by atoms with Crippen molar-refractivity contribution in [3.05, 3.63) is 117 Å². The van der Waals surface area contributed by atoms with Crippen LogP contribution in [0.15, 0.2) is 83.3 Å². The lowest BCUT2D eigenvalue weighted by Gasteiger charge is -2.12. The van der Waals surface area contributed by atoms with Gasteiger partial charge in [0, 0.05) is 27.2 Å². The van der Waals surface area contributed by atoms with E-state index in [1.54, 1.807) is 24.3 Å². The van der Waals surface area contributed by atoms with Gasteiger partial charge in [0.1, 0.15) is 30.5 Å². The highest BCUT2D eigenvalue weighted by Crippen LogP contribution is 2.28. The minimum Gasteiger partial charge on any atom is -0.489 e. The highest BCUT2D eigenvalue weighted by atomic mass is 35.5. The van der Waals surface area contributed by atoms with Crippen LogP contribution in [0.1, 0.15) is 33.0 Å². The molecule has 0 atom stereocenters. The maximum atomic E-state index is 11.0. The molecule has 0 amide bonds. The molecular formula is C27H20Cl2O5. The molecule has 3 aromatic carbocycles. The Hall–Kier alpha value is -3.67. The lowest BCUT2D eigenvalue weighted by molar-refractivity contribution is 0.0662. The molecule has 5 nitrogen and oxygen atoms in total. The van der Waals surface area contributed by atoms with Crippen molar-refractivity contribution >= 4 is 41.3 Å². The van der Waals surface area contributed by atoms with Gasteiger partial charge < -0.3 is 19.0 Å². The van der Waals surface area contributed by atoms with Gasteiger partial charge in [-0.3, -0.25) is 0 Å². The molecule has 0 saturated heterocycles. The summed E-state index contributed by atoms with van der Waals surface area (Å²) >= 11 is 12.5. The first-order valence-electron chi connectivity index (χ1n) is 10.4. The van der Waals surface area contributed by atoms with Gasteiger partial charge in [-0.1, -0.05) is 65.7 Å². The number of hydrogen-bond acceptors (Lipinski definition) is 4. The van der Waals surface area contributed by atoms with Gasteiger partial charge in [0.05, 0.1) is 0 Å². The van der Waals surface area contributed by atoms with E-state index in [-0.39, 0.29) is 19.0 Å². The Morgan fingerprint density at radius 3 is 1.85 bits per heavy atom. The van der Waals surface area contributed by atoms with Crippen LogP contribution in [0.5, 0.6) is 11.5 Å². The van der Waals surface area contributed by atoms with Gasteiger partial charge >= 0.3 is 5.97 Å². The molecule has 0 unspecified atom stereocenters. The predicted molar refractivity (Wildman–Crippen MR) is 133 cm³/mol. The van der Waals surface area contributed by atoms with Crippen LogP contribution in [0.2, 0.25) is 10.0 Å². The Morgan fingerprint density at radius 2 is 1.35 bits per heavy atom. The van der Waals surface area contributed by atoms with E-state index in [0.717, 1.165) is 16.7 Å². The molecule has 0 spiro atoms. The zero-order valence-corrected chi connectivity index (χ0v) is 19.4. The zero-order valence-electron chi connectivity index (χ0n) is 17.9. The SMILES string of the molecule is O=C(O)c1ccc(/C=C/c2cc(OCc3ccccc3Cl)cc(OCc3ccccc3Cl)c2)o1. The third-order valence-electron chi connectivity index (χ3n) is 4.88. The molecule has 4 aromatic rings. The standard InChI is InChI=1S/C27H20Cl2O5/c28-24-7-3-1-5-19(24)16-32-22-13-18(9-10-21-11-12-26(34-21)27(30)31)14-23(15-22)33-17-20-6-2-4-8-25(20)29/h1-15H,16-17H2,(H,30,31)/b10-9+. The Kier molecular flexibility index (Phi) is 7.58. The van der Waals surface area contributed by atoms with Crippen LogP contribution in [0, 0.1) is 0 Å². The van der Waals surface area contributed by atoms with Crippen molar-refractivity contribution in [2.75, 3.05) is 0 Å².